The molecule has 1 aliphatic heterocycles. The van der Waals surface area contributed by atoms with Crippen LogP contribution in [0.15, 0.2) is 0 Å². The zero-order chi connectivity index (χ0) is 6.85. The lowest BCUT2D eigenvalue weighted by atomic mass is 10.3. The number of nitrogens with one attached hydrogen (secondary N) is 2. The molecule has 0 spiro atoms. The minimum absolute atomic E-state index is 0.279. The Hall–Kier alpha value is -0.580. The van der Waals surface area contributed by atoms with Crippen LogP contribution in [0.4, 0.5) is 4.79 Å². The second-order valence-electron chi connectivity index (χ2n) is 1.67. The number of hydrogen-bond donors (Lipinski definition) is 2. The first-order chi connectivity index (χ1) is 4.20. The van der Waals surface area contributed by atoms with Gasteiger partial charge in [-0.1, -0.05) is 15.9 Å². The number of carbonyl (C=O) groups is 2. The Kier molecular flexibility index (Phi) is 1.70. The van der Waals surface area contributed by atoms with Gasteiger partial charge in [-0.15, -0.1) is 0 Å². The van der Waals surface area contributed by atoms with Gasteiger partial charge in [-0.25, -0.2) is 4.79 Å². The molecule has 1 saturated heterocycles. The minimum Gasteiger partial charge on any atom is -0.336 e. The third-order valence-corrected chi connectivity index (χ3v) is 1.70. The summed E-state index contributed by atoms with van der Waals surface area (Å²) in [4.78, 5) is 20.7. The highest BCUT2D eigenvalue weighted by Crippen LogP contribution is 2.00. The maximum absolute atomic E-state index is 10.6. The van der Waals surface area contributed by atoms with Crippen LogP contribution in [0.3, 0.4) is 0 Å². The van der Waals surface area contributed by atoms with Gasteiger partial charge in [-0.05, 0) is 0 Å². The van der Waals surface area contributed by atoms with Crippen LogP contribution in [-0.2, 0) is 4.79 Å². The maximum Gasteiger partial charge on any atom is 0.321 e. The molecule has 2 N–H and O–H groups in total. The molecule has 0 unspecified atom stereocenters. The van der Waals surface area contributed by atoms with Crippen molar-refractivity contribution in [2.75, 3.05) is 6.54 Å². The second kappa shape index (κ2) is 2.34. The summed E-state index contributed by atoms with van der Waals surface area (Å²) < 4.78 is 0. The fourth-order valence-corrected chi connectivity index (χ4v) is 0.786. The molecule has 0 aromatic heterocycles. The molecule has 3 amide bonds. The summed E-state index contributed by atoms with van der Waals surface area (Å²) in [6.45, 7) is 0.366. The average molecular weight is 193 g/mol. The molecule has 4 nitrogen and oxygen atoms in total. The molecular formula is C4H5BrN2O2. The van der Waals surface area contributed by atoms with Gasteiger partial charge in [-0.3, -0.25) is 10.1 Å². The molecule has 1 rings (SSSR count). The second-order valence-corrected chi connectivity index (χ2v) is 2.77. The molecule has 0 bridgehead atoms. The summed E-state index contributed by atoms with van der Waals surface area (Å²) >= 11 is 3.05. The van der Waals surface area contributed by atoms with E-state index in [1.54, 1.807) is 0 Å². The van der Waals surface area contributed by atoms with Crippen molar-refractivity contribution in [3.63, 3.8) is 0 Å². The van der Waals surface area contributed by atoms with Crippen molar-refractivity contribution < 1.29 is 9.59 Å². The van der Waals surface area contributed by atoms with E-state index in [0.717, 1.165) is 0 Å². The van der Waals surface area contributed by atoms with Gasteiger partial charge in [0.2, 0.25) is 5.91 Å². The summed E-state index contributed by atoms with van der Waals surface area (Å²) in [6.07, 6.45) is 0. The number of hydrogen-bond acceptors (Lipinski definition) is 2. The highest BCUT2D eigenvalue weighted by atomic mass is 79.9. The summed E-state index contributed by atoms with van der Waals surface area (Å²) in [5.74, 6) is -0.279. The van der Waals surface area contributed by atoms with Crippen LogP contribution in [0.25, 0.3) is 0 Å². The minimum atomic E-state index is -0.421. The fraction of sp³-hybridized carbons (Fsp3) is 0.500. The Morgan fingerprint density at radius 2 is 2.22 bits per heavy atom. The van der Waals surface area contributed by atoms with Gasteiger partial charge >= 0.3 is 6.03 Å². The molecule has 1 heterocycles. The van der Waals surface area contributed by atoms with Crippen molar-refractivity contribution in [2.45, 2.75) is 4.83 Å². The van der Waals surface area contributed by atoms with Crippen molar-refractivity contribution in [1.82, 2.24) is 10.6 Å². The van der Waals surface area contributed by atoms with E-state index in [4.69, 9.17) is 0 Å². The van der Waals surface area contributed by atoms with Crippen LogP contribution < -0.4 is 10.6 Å². The van der Waals surface area contributed by atoms with Gasteiger partial charge in [0.15, 0.2) is 0 Å². The van der Waals surface area contributed by atoms with E-state index in [9.17, 15) is 9.59 Å². The third-order valence-electron chi connectivity index (χ3n) is 0.963. The summed E-state index contributed by atoms with van der Waals surface area (Å²) in [5.41, 5.74) is 0. The normalized spacial score (nSPS) is 27.0. The number of alkyl halides is 1. The van der Waals surface area contributed by atoms with E-state index in [1.807, 2.05) is 0 Å². The SMILES string of the molecule is O=C1NC[C@@H](Br)C(=O)N1. The Bertz CT molecular complexity index is 159. The van der Waals surface area contributed by atoms with Gasteiger partial charge in [0.05, 0.1) is 0 Å². The summed E-state index contributed by atoms with van der Waals surface area (Å²) in [6, 6.07) is -0.421. The molecular weight excluding hydrogens is 188 g/mol. The Morgan fingerprint density at radius 1 is 1.56 bits per heavy atom. The highest BCUT2D eigenvalue weighted by Gasteiger charge is 2.22. The number of imide groups is 1. The van der Waals surface area contributed by atoms with Gasteiger partial charge in [0, 0.05) is 6.54 Å². The van der Waals surface area contributed by atoms with Crippen molar-refractivity contribution in [3.05, 3.63) is 0 Å². The zero-order valence-electron chi connectivity index (χ0n) is 4.48. The first kappa shape index (κ1) is 6.54. The lowest BCUT2D eigenvalue weighted by Gasteiger charge is -2.16. The molecule has 1 fully saturated rings. The number of halogens is 1. The molecule has 0 aromatic rings. The molecule has 0 aromatic carbocycles. The third kappa shape index (κ3) is 1.41. The smallest absolute Gasteiger partial charge is 0.321 e. The predicted octanol–water partition coefficient (Wildman–Crippen LogP) is -0.411. The number of amides is 3. The Morgan fingerprint density at radius 3 is 2.67 bits per heavy atom. The molecule has 0 radical (unpaired) electrons. The van der Waals surface area contributed by atoms with Crippen molar-refractivity contribution in [2.24, 2.45) is 0 Å². The Labute approximate surface area is 60.1 Å². The van der Waals surface area contributed by atoms with Crippen LogP contribution in [0, 0.1) is 0 Å². The van der Waals surface area contributed by atoms with Crippen LogP contribution in [-0.4, -0.2) is 23.3 Å². The monoisotopic (exact) mass is 192 g/mol. The van der Waals surface area contributed by atoms with Gasteiger partial charge in [0.1, 0.15) is 4.83 Å². The van der Waals surface area contributed by atoms with Crippen molar-refractivity contribution >= 4 is 27.9 Å². The highest BCUT2D eigenvalue weighted by molar-refractivity contribution is 9.10. The standard InChI is InChI=1S/C4H5BrN2O2/c5-2-1-6-4(9)7-3(2)8/h2H,1H2,(H2,6,7,8,9)/t2-/m1/s1. The predicted molar refractivity (Wildman–Crippen MR) is 34.3 cm³/mol. The van der Waals surface area contributed by atoms with Gasteiger partial charge in [-0.2, -0.15) is 0 Å². The summed E-state index contributed by atoms with van der Waals surface area (Å²) in [7, 11) is 0. The van der Waals surface area contributed by atoms with E-state index in [-0.39, 0.29) is 10.7 Å². The quantitative estimate of drug-likeness (QED) is 0.513. The van der Waals surface area contributed by atoms with Gasteiger partial charge in [0.25, 0.3) is 0 Å². The van der Waals surface area contributed by atoms with E-state index in [1.165, 1.54) is 0 Å². The van der Waals surface area contributed by atoms with E-state index in [2.05, 4.69) is 26.6 Å². The van der Waals surface area contributed by atoms with Crippen LogP contribution in [0.5, 0.6) is 0 Å². The van der Waals surface area contributed by atoms with Gasteiger partial charge < -0.3 is 5.32 Å². The molecule has 1 aliphatic rings. The fourth-order valence-electron chi connectivity index (χ4n) is 0.509. The van der Waals surface area contributed by atoms with Crippen LogP contribution in [0.1, 0.15) is 0 Å². The van der Waals surface area contributed by atoms with Crippen LogP contribution in [0.2, 0.25) is 0 Å². The first-order valence-electron chi connectivity index (χ1n) is 2.43. The number of rotatable bonds is 0. The van der Waals surface area contributed by atoms with E-state index in [0.29, 0.717) is 6.54 Å². The first-order valence-corrected chi connectivity index (χ1v) is 3.34. The number of carbonyl (C=O) groups excluding carboxylic acids is 2. The molecule has 0 aliphatic carbocycles. The van der Waals surface area contributed by atoms with E-state index < -0.39 is 6.03 Å². The largest absolute Gasteiger partial charge is 0.336 e. The molecule has 1 atom stereocenters. The maximum atomic E-state index is 10.6. The topological polar surface area (TPSA) is 58.2 Å². The molecule has 5 heteroatoms. The van der Waals surface area contributed by atoms with Crippen molar-refractivity contribution in [3.8, 4) is 0 Å². The lowest BCUT2D eigenvalue weighted by molar-refractivity contribution is -0.119. The molecule has 50 valence electrons. The average Bonchev–Trinajstić information content (AvgIpc) is 1.80. The van der Waals surface area contributed by atoms with Crippen molar-refractivity contribution in [1.29, 1.82) is 0 Å². The lowest BCUT2D eigenvalue weighted by Crippen LogP contribution is -2.52. The molecule has 0 saturated carbocycles. The molecule has 9 heavy (non-hydrogen) atoms. The number of urea groups is 1. The Balaban J connectivity index is 2.54. The van der Waals surface area contributed by atoms with Crippen LogP contribution >= 0.6 is 15.9 Å². The zero-order valence-corrected chi connectivity index (χ0v) is 6.06. The van der Waals surface area contributed by atoms with E-state index >= 15 is 0 Å². The summed E-state index contributed by atoms with van der Waals surface area (Å²) in [5, 5.41) is 4.54.